The number of anilines is 1. The highest BCUT2D eigenvalue weighted by Gasteiger charge is 2.18. The van der Waals surface area contributed by atoms with Gasteiger partial charge in [0, 0.05) is 17.1 Å². The van der Waals surface area contributed by atoms with Gasteiger partial charge in [0.25, 0.3) is 10.0 Å². The largest absolute Gasteiger partial charge is 0.508 e. The van der Waals surface area contributed by atoms with Crippen LogP contribution in [0.2, 0.25) is 0 Å². The van der Waals surface area contributed by atoms with E-state index in [0.29, 0.717) is 11.1 Å². The number of phenolic OH excluding ortho intramolecular Hbond substituents is 2. The fraction of sp³-hybridized carbons (Fsp3) is 0. The van der Waals surface area contributed by atoms with E-state index in [-0.39, 0.29) is 21.5 Å². The zero-order chi connectivity index (χ0) is 23.0. The fourth-order valence-corrected chi connectivity index (χ4v) is 5.59. The topological polar surface area (TPSA) is 99.5 Å². The second-order valence-corrected chi connectivity index (χ2v) is 9.99. The number of hydrogen-bond donors (Lipinski definition) is 3. The van der Waals surface area contributed by atoms with Crippen molar-refractivity contribution in [1.82, 2.24) is 4.98 Å². The smallest absolute Gasteiger partial charge is 0.263 e. The van der Waals surface area contributed by atoms with Crippen LogP contribution in [0.3, 0.4) is 0 Å². The Bertz CT molecular complexity index is 1580. The van der Waals surface area contributed by atoms with Crippen LogP contribution in [0.25, 0.3) is 33.0 Å². The molecule has 0 radical (unpaired) electrons. The van der Waals surface area contributed by atoms with Crippen LogP contribution in [0.5, 0.6) is 11.5 Å². The zero-order valence-corrected chi connectivity index (χ0v) is 18.8. The van der Waals surface area contributed by atoms with Crippen LogP contribution in [-0.4, -0.2) is 23.6 Å². The highest BCUT2D eigenvalue weighted by atomic mass is 32.2. The molecule has 8 heteroatoms. The Balaban J connectivity index is 1.60. The minimum absolute atomic E-state index is 0.0510. The van der Waals surface area contributed by atoms with Crippen LogP contribution >= 0.6 is 11.3 Å². The summed E-state index contributed by atoms with van der Waals surface area (Å²) in [6.45, 7) is 0. The lowest BCUT2D eigenvalue weighted by Gasteiger charge is -2.13. The number of nitrogens with zero attached hydrogens (tertiary/aromatic N) is 1. The Labute approximate surface area is 194 Å². The van der Waals surface area contributed by atoms with E-state index in [1.807, 2.05) is 30.3 Å². The molecular weight excluding hydrogens is 456 g/mol. The molecule has 0 aliphatic heterocycles. The van der Waals surface area contributed by atoms with Gasteiger partial charge in [-0.05, 0) is 63.9 Å². The summed E-state index contributed by atoms with van der Waals surface area (Å²) >= 11 is 1.19. The fourth-order valence-electron chi connectivity index (χ4n) is 3.75. The SMILES string of the molecule is O=S(=O)(Nc1nccs1)c1cccc(-c2c(O)ccc3cc(-c4cccc(O)c4)ccc23)c1. The zero-order valence-electron chi connectivity index (χ0n) is 17.1. The van der Waals surface area contributed by atoms with Gasteiger partial charge in [-0.25, -0.2) is 13.4 Å². The summed E-state index contributed by atoms with van der Waals surface area (Å²) in [5, 5.41) is 24.1. The Morgan fingerprint density at radius 2 is 1.61 bits per heavy atom. The Hall–Kier alpha value is -3.88. The van der Waals surface area contributed by atoms with Crippen molar-refractivity contribution < 1.29 is 18.6 Å². The molecule has 0 unspecified atom stereocenters. The normalized spacial score (nSPS) is 11.5. The van der Waals surface area contributed by atoms with E-state index in [1.54, 1.807) is 41.8 Å². The Morgan fingerprint density at radius 3 is 2.39 bits per heavy atom. The van der Waals surface area contributed by atoms with Gasteiger partial charge in [0.2, 0.25) is 0 Å². The quantitative estimate of drug-likeness (QED) is 0.297. The van der Waals surface area contributed by atoms with E-state index in [0.717, 1.165) is 21.9 Å². The molecule has 0 aliphatic carbocycles. The number of aromatic nitrogens is 1. The monoisotopic (exact) mass is 474 g/mol. The average Bonchev–Trinajstić information content (AvgIpc) is 3.31. The van der Waals surface area contributed by atoms with Gasteiger partial charge in [-0.15, -0.1) is 11.3 Å². The molecule has 0 atom stereocenters. The first-order valence-corrected chi connectivity index (χ1v) is 12.3. The number of rotatable bonds is 5. The molecule has 0 bridgehead atoms. The Kier molecular flexibility index (Phi) is 5.24. The number of phenols is 2. The lowest BCUT2D eigenvalue weighted by atomic mass is 9.94. The first-order chi connectivity index (χ1) is 15.9. The van der Waals surface area contributed by atoms with Crippen molar-refractivity contribution in [2.24, 2.45) is 0 Å². The van der Waals surface area contributed by atoms with Crippen LogP contribution in [0, 0.1) is 0 Å². The maximum Gasteiger partial charge on any atom is 0.263 e. The number of fused-ring (bicyclic) bond motifs is 1. The molecule has 0 fully saturated rings. The van der Waals surface area contributed by atoms with Crippen LogP contribution in [0.4, 0.5) is 5.13 Å². The second kappa shape index (κ2) is 8.23. The summed E-state index contributed by atoms with van der Waals surface area (Å²) in [5.74, 6) is 0.235. The summed E-state index contributed by atoms with van der Waals surface area (Å²) in [6, 6.07) is 22.6. The highest BCUT2D eigenvalue weighted by molar-refractivity contribution is 7.93. The van der Waals surface area contributed by atoms with Gasteiger partial charge >= 0.3 is 0 Å². The number of hydrogen-bond acceptors (Lipinski definition) is 6. The molecule has 1 heterocycles. The predicted octanol–water partition coefficient (Wildman–Crippen LogP) is 5.84. The van der Waals surface area contributed by atoms with Crippen LogP contribution in [0.15, 0.2) is 95.3 Å². The van der Waals surface area contributed by atoms with Gasteiger partial charge in [-0.1, -0.05) is 42.5 Å². The van der Waals surface area contributed by atoms with E-state index in [4.69, 9.17) is 0 Å². The van der Waals surface area contributed by atoms with Gasteiger partial charge in [0.05, 0.1) is 4.90 Å². The maximum atomic E-state index is 12.8. The lowest BCUT2D eigenvalue weighted by molar-refractivity contribution is 0.475. The first-order valence-electron chi connectivity index (χ1n) is 9.99. The Morgan fingerprint density at radius 1 is 0.818 bits per heavy atom. The third-order valence-corrected chi connectivity index (χ3v) is 7.42. The van der Waals surface area contributed by atoms with Gasteiger partial charge in [-0.3, -0.25) is 4.72 Å². The van der Waals surface area contributed by atoms with Gasteiger partial charge in [0.15, 0.2) is 5.13 Å². The minimum atomic E-state index is -3.83. The average molecular weight is 475 g/mol. The van der Waals surface area contributed by atoms with Crippen LogP contribution < -0.4 is 4.72 Å². The van der Waals surface area contributed by atoms with E-state index in [2.05, 4.69) is 9.71 Å². The summed E-state index contributed by atoms with van der Waals surface area (Å²) < 4.78 is 28.1. The molecule has 164 valence electrons. The van der Waals surface area contributed by atoms with E-state index in [1.165, 1.54) is 29.7 Å². The molecule has 0 amide bonds. The van der Waals surface area contributed by atoms with Crippen molar-refractivity contribution in [2.45, 2.75) is 4.90 Å². The standard InChI is InChI=1S/C25H18N2O4S2/c28-20-5-1-3-16(14-20)17-7-9-22-18(13-17)8-10-23(29)24(22)19-4-2-6-21(15-19)33(30,31)27-25-26-11-12-32-25/h1-15,28-29H,(H,26,27). The maximum absolute atomic E-state index is 12.8. The molecule has 0 spiro atoms. The third-order valence-electron chi connectivity index (χ3n) is 5.26. The van der Waals surface area contributed by atoms with Gasteiger partial charge in [-0.2, -0.15) is 0 Å². The van der Waals surface area contributed by atoms with Crippen molar-refractivity contribution in [2.75, 3.05) is 4.72 Å². The van der Waals surface area contributed by atoms with E-state index >= 15 is 0 Å². The second-order valence-electron chi connectivity index (χ2n) is 7.42. The summed E-state index contributed by atoms with van der Waals surface area (Å²) in [4.78, 5) is 4.05. The molecule has 4 aromatic carbocycles. The molecule has 0 saturated heterocycles. The molecule has 1 aromatic heterocycles. The van der Waals surface area contributed by atoms with E-state index in [9.17, 15) is 18.6 Å². The third kappa shape index (κ3) is 4.13. The van der Waals surface area contributed by atoms with Gasteiger partial charge in [0.1, 0.15) is 11.5 Å². The van der Waals surface area contributed by atoms with E-state index < -0.39 is 10.0 Å². The first kappa shape index (κ1) is 21.0. The molecule has 33 heavy (non-hydrogen) atoms. The van der Waals surface area contributed by atoms with Crippen molar-refractivity contribution >= 4 is 37.3 Å². The molecule has 5 rings (SSSR count). The molecule has 6 nitrogen and oxygen atoms in total. The predicted molar refractivity (Wildman–Crippen MR) is 131 cm³/mol. The highest BCUT2D eigenvalue weighted by Crippen LogP contribution is 2.39. The molecule has 5 aromatic rings. The van der Waals surface area contributed by atoms with Crippen molar-refractivity contribution in [3.05, 3.63) is 90.4 Å². The summed E-state index contributed by atoms with van der Waals surface area (Å²) in [5.41, 5.74) is 2.90. The van der Waals surface area contributed by atoms with Crippen molar-refractivity contribution in [3.63, 3.8) is 0 Å². The number of nitrogens with one attached hydrogen (secondary N) is 1. The summed E-state index contributed by atoms with van der Waals surface area (Å²) in [7, 11) is -3.83. The van der Waals surface area contributed by atoms with Gasteiger partial charge < -0.3 is 10.2 Å². The van der Waals surface area contributed by atoms with Crippen LogP contribution in [-0.2, 0) is 10.0 Å². The van der Waals surface area contributed by atoms with Crippen LogP contribution in [0.1, 0.15) is 0 Å². The lowest BCUT2D eigenvalue weighted by Crippen LogP contribution is -2.12. The molecule has 0 saturated carbocycles. The molecular formula is C25H18N2O4S2. The number of aromatic hydroxyl groups is 2. The summed E-state index contributed by atoms with van der Waals surface area (Å²) in [6.07, 6.45) is 1.53. The van der Waals surface area contributed by atoms with Crippen molar-refractivity contribution in [1.29, 1.82) is 0 Å². The number of thiazole rings is 1. The molecule has 0 aliphatic rings. The number of benzene rings is 4. The molecule has 3 N–H and O–H groups in total. The van der Waals surface area contributed by atoms with Crippen molar-refractivity contribution in [3.8, 4) is 33.8 Å². The minimum Gasteiger partial charge on any atom is -0.508 e. The number of sulfonamides is 1.